The lowest BCUT2D eigenvalue weighted by molar-refractivity contribution is -0.132. The number of rotatable bonds is 5. The number of nitrogens with zero attached hydrogens (tertiary/aromatic N) is 1. The molecule has 0 aliphatic carbocycles. The fourth-order valence-corrected chi connectivity index (χ4v) is 2.41. The molecule has 0 aliphatic rings. The van der Waals surface area contributed by atoms with Gasteiger partial charge >= 0.3 is 0 Å². The van der Waals surface area contributed by atoms with Crippen molar-refractivity contribution >= 4 is 33.2 Å². The molecule has 0 bridgehead atoms. The van der Waals surface area contributed by atoms with Gasteiger partial charge in [0.25, 0.3) is 0 Å². The highest BCUT2D eigenvalue weighted by molar-refractivity contribution is 9.10. The summed E-state index contributed by atoms with van der Waals surface area (Å²) in [5.74, 6) is 0.186. The van der Waals surface area contributed by atoms with Gasteiger partial charge in [-0.2, -0.15) is 0 Å². The van der Waals surface area contributed by atoms with E-state index in [2.05, 4.69) is 35.8 Å². The molecular formula is C12H18BrNOS. The SMILES string of the molecule is CCC(Br)C(=O)N(Cc1cccs1)C(C)C. The van der Waals surface area contributed by atoms with Gasteiger partial charge in [0.15, 0.2) is 0 Å². The fourth-order valence-electron chi connectivity index (χ4n) is 1.44. The molecule has 1 atom stereocenters. The van der Waals surface area contributed by atoms with Crippen LogP contribution in [0, 0.1) is 0 Å². The second kappa shape index (κ2) is 6.40. The highest BCUT2D eigenvalue weighted by Gasteiger charge is 2.23. The molecule has 1 aromatic rings. The summed E-state index contributed by atoms with van der Waals surface area (Å²) in [7, 11) is 0. The summed E-state index contributed by atoms with van der Waals surface area (Å²) in [4.78, 5) is 15.2. The monoisotopic (exact) mass is 303 g/mol. The molecule has 0 spiro atoms. The summed E-state index contributed by atoms with van der Waals surface area (Å²) in [5, 5.41) is 2.05. The normalized spacial score (nSPS) is 12.8. The largest absolute Gasteiger partial charge is 0.334 e. The molecule has 0 saturated carbocycles. The van der Waals surface area contributed by atoms with E-state index in [-0.39, 0.29) is 16.8 Å². The maximum atomic E-state index is 12.1. The summed E-state index contributed by atoms with van der Waals surface area (Å²) in [6.07, 6.45) is 0.826. The Labute approximate surface area is 110 Å². The third kappa shape index (κ3) is 3.59. The lowest BCUT2D eigenvalue weighted by atomic mass is 10.2. The summed E-state index contributed by atoms with van der Waals surface area (Å²) < 4.78 is 0. The Morgan fingerprint density at radius 1 is 1.56 bits per heavy atom. The Morgan fingerprint density at radius 3 is 2.69 bits per heavy atom. The highest BCUT2D eigenvalue weighted by Crippen LogP contribution is 2.17. The van der Waals surface area contributed by atoms with Crippen LogP contribution in [0.15, 0.2) is 17.5 Å². The van der Waals surface area contributed by atoms with Crippen LogP contribution >= 0.6 is 27.3 Å². The standard InChI is InChI=1S/C12H18BrNOS/c1-4-11(13)12(15)14(9(2)3)8-10-6-5-7-16-10/h5-7,9,11H,4,8H2,1-3H3. The molecule has 16 heavy (non-hydrogen) atoms. The first kappa shape index (κ1) is 13.7. The maximum Gasteiger partial charge on any atom is 0.236 e. The predicted molar refractivity (Wildman–Crippen MR) is 73.0 cm³/mol. The first-order valence-electron chi connectivity index (χ1n) is 5.53. The van der Waals surface area contributed by atoms with Gasteiger partial charge in [-0.05, 0) is 31.7 Å². The number of hydrogen-bond donors (Lipinski definition) is 0. The molecule has 0 fully saturated rings. The van der Waals surface area contributed by atoms with Crippen LogP contribution in [0.5, 0.6) is 0 Å². The van der Waals surface area contributed by atoms with Crippen LogP contribution in [0.3, 0.4) is 0 Å². The first-order valence-corrected chi connectivity index (χ1v) is 7.32. The van der Waals surface area contributed by atoms with Crippen LogP contribution in [0.25, 0.3) is 0 Å². The van der Waals surface area contributed by atoms with Gasteiger partial charge in [-0.25, -0.2) is 0 Å². The zero-order chi connectivity index (χ0) is 12.1. The summed E-state index contributed by atoms with van der Waals surface area (Å²) in [6.45, 7) is 6.85. The van der Waals surface area contributed by atoms with Crippen LogP contribution in [-0.4, -0.2) is 21.7 Å². The minimum atomic E-state index is -0.0603. The topological polar surface area (TPSA) is 20.3 Å². The molecule has 0 aromatic carbocycles. The van der Waals surface area contributed by atoms with Crippen molar-refractivity contribution in [2.45, 2.75) is 44.6 Å². The van der Waals surface area contributed by atoms with E-state index in [1.54, 1.807) is 11.3 Å². The lowest BCUT2D eigenvalue weighted by Gasteiger charge is -2.28. The molecule has 0 radical (unpaired) electrons. The summed E-state index contributed by atoms with van der Waals surface area (Å²) in [5.41, 5.74) is 0. The Hall–Kier alpha value is -0.350. The number of hydrogen-bond acceptors (Lipinski definition) is 2. The molecule has 1 unspecified atom stereocenters. The van der Waals surface area contributed by atoms with Gasteiger partial charge in [-0.15, -0.1) is 11.3 Å². The number of carbonyl (C=O) groups is 1. The van der Waals surface area contributed by atoms with Gasteiger partial charge in [-0.3, -0.25) is 4.79 Å². The van der Waals surface area contributed by atoms with Gasteiger partial charge in [0.2, 0.25) is 5.91 Å². The second-order valence-corrected chi connectivity index (χ2v) is 6.15. The third-order valence-corrected chi connectivity index (χ3v) is 4.34. The highest BCUT2D eigenvalue weighted by atomic mass is 79.9. The minimum Gasteiger partial charge on any atom is -0.334 e. The molecule has 90 valence electrons. The molecule has 0 aliphatic heterocycles. The average molecular weight is 304 g/mol. The number of alkyl halides is 1. The second-order valence-electron chi connectivity index (χ2n) is 4.02. The van der Waals surface area contributed by atoms with Crippen molar-refractivity contribution in [3.8, 4) is 0 Å². The third-order valence-electron chi connectivity index (χ3n) is 2.44. The van der Waals surface area contributed by atoms with E-state index in [0.717, 1.165) is 13.0 Å². The fraction of sp³-hybridized carbons (Fsp3) is 0.583. The summed E-state index contributed by atoms with van der Waals surface area (Å²) in [6, 6.07) is 4.33. The van der Waals surface area contributed by atoms with E-state index < -0.39 is 0 Å². The average Bonchev–Trinajstić information content (AvgIpc) is 2.76. The van der Waals surface area contributed by atoms with E-state index >= 15 is 0 Å². The number of amides is 1. The van der Waals surface area contributed by atoms with Crippen molar-refractivity contribution in [2.24, 2.45) is 0 Å². The van der Waals surface area contributed by atoms with Crippen LogP contribution < -0.4 is 0 Å². The van der Waals surface area contributed by atoms with Crippen LogP contribution in [0.4, 0.5) is 0 Å². The van der Waals surface area contributed by atoms with E-state index in [1.807, 2.05) is 23.3 Å². The van der Waals surface area contributed by atoms with Crippen molar-refractivity contribution in [1.29, 1.82) is 0 Å². The molecule has 1 heterocycles. The van der Waals surface area contributed by atoms with Crippen LogP contribution in [-0.2, 0) is 11.3 Å². The molecular weight excluding hydrogens is 286 g/mol. The number of halogens is 1. The molecule has 0 saturated heterocycles. The Balaban J connectivity index is 2.71. The zero-order valence-corrected chi connectivity index (χ0v) is 12.3. The van der Waals surface area contributed by atoms with Crippen LogP contribution in [0.2, 0.25) is 0 Å². The van der Waals surface area contributed by atoms with Crippen molar-refractivity contribution < 1.29 is 4.79 Å². The Bertz CT molecular complexity index is 324. The van der Waals surface area contributed by atoms with Crippen molar-refractivity contribution in [3.05, 3.63) is 22.4 Å². The molecule has 4 heteroatoms. The zero-order valence-electron chi connectivity index (χ0n) is 9.94. The smallest absolute Gasteiger partial charge is 0.236 e. The molecule has 1 rings (SSSR count). The van der Waals surface area contributed by atoms with Gasteiger partial charge in [0, 0.05) is 10.9 Å². The van der Waals surface area contributed by atoms with Crippen molar-refractivity contribution in [2.75, 3.05) is 0 Å². The van der Waals surface area contributed by atoms with Crippen molar-refractivity contribution in [3.63, 3.8) is 0 Å². The quantitative estimate of drug-likeness (QED) is 0.760. The number of carbonyl (C=O) groups excluding carboxylic acids is 1. The summed E-state index contributed by atoms with van der Waals surface area (Å²) >= 11 is 5.12. The molecule has 1 amide bonds. The molecule has 2 nitrogen and oxygen atoms in total. The van der Waals surface area contributed by atoms with Gasteiger partial charge in [0.05, 0.1) is 11.4 Å². The van der Waals surface area contributed by atoms with E-state index in [1.165, 1.54) is 4.88 Å². The first-order chi connectivity index (χ1) is 7.56. The van der Waals surface area contributed by atoms with Crippen molar-refractivity contribution in [1.82, 2.24) is 4.90 Å². The van der Waals surface area contributed by atoms with E-state index in [9.17, 15) is 4.79 Å². The van der Waals surface area contributed by atoms with Gasteiger partial charge in [-0.1, -0.05) is 28.9 Å². The maximum absolute atomic E-state index is 12.1. The molecule has 0 N–H and O–H groups in total. The van der Waals surface area contributed by atoms with E-state index in [0.29, 0.717) is 0 Å². The van der Waals surface area contributed by atoms with Crippen LogP contribution in [0.1, 0.15) is 32.1 Å². The minimum absolute atomic E-state index is 0.0603. The Kier molecular flexibility index (Phi) is 5.49. The number of thiophene rings is 1. The Morgan fingerprint density at radius 2 is 2.25 bits per heavy atom. The lowest BCUT2D eigenvalue weighted by Crippen LogP contribution is -2.40. The van der Waals surface area contributed by atoms with E-state index in [4.69, 9.17) is 0 Å². The van der Waals surface area contributed by atoms with Gasteiger partial charge < -0.3 is 4.90 Å². The van der Waals surface area contributed by atoms with Gasteiger partial charge in [0.1, 0.15) is 0 Å². The molecule has 1 aromatic heterocycles. The predicted octanol–water partition coefficient (Wildman–Crippen LogP) is 3.66.